The summed E-state index contributed by atoms with van der Waals surface area (Å²) in [5.74, 6) is -0.898. The van der Waals surface area contributed by atoms with Crippen molar-refractivity contribution in [1.82, 2.24) is 10.3 Å². The van der Waals surface area contributed by atoms with Crippen molar-refractivity contribution in [2.45, 2.75) is 38.0 Å². The zero-order valence-corrected chi connectivity index (χ0v) is 18.9. The summed E-state index contributed by atoms with van der Waals surface area (Å²) in [5, 5.41) is 27.1. The number of aliphatic hydroxyl groups excluding tert-OH is 2. The Balaban J connectivity index is 1.53. The van der Waals surface area contributed by atoms with Crippen LogP contribution in [0.5, 0.6) is 0 Å². The first-order valence-corrected chi connectivity index (χ1v) is 11.4. The van der Waals surface area contributed by atoms with E-state index in [1.807, 2.05) is 0 Å². The van der Waals surface area contributed by atoms with Crippen LogP contribution >= 0.6 is 0 Å². The number of aromatic nitrogens is 2. The van der Waals surface area contributed by atoms with Gasteiger partial charge in [-0.15, -0.1) is 0 Å². The molecule has 0 amide bonds. The Bertz CT molecular complexity index is 1410. The lowest BCUT2D eigenvalue weighted by Gasteiger charge is -2.18. The normalized spacial score (nSPS) is 13.8. The number of nitrogens with zero attached hydrogens (tertiary/aromatic N) is 2. The lowest BCUT2D eigenvalue weighted by molar-refractivity contribution is -0.137. The molecule has 7 nitrogen and oxygen atoms in total. The molecule has 0 fully saturated rings. The number of aliphatic hydroxyl groups is 2. The third kappa shape index (κ3) is 4.22. The van der Waals surface area contributed by atoms with Gasteiger partial charge in [0.1, 0.15) is 17.4 Å². The first-order chi connectivity index (χ1) is 17.3. The van der Waals surface area contributed by atoms with Gasteiger partial charge in [0.05, 0.1) is 0 Å². The molecule has 36 heavy (non-hydrogen) atoms. The number of rotatable bonds is 7. The number of hydrogen-bond acceptors (Lipinski definition) is 7. The van der Waals surface area contributed by atoms with E-state index < -0.39 is 35.1 Å². The maximum atomic E-state index is 14.1. The van der Waals surface area contributed by atoms with Gasteiger partial charge in [-0.1, -0.05) is 58.8 Å². The van der Waals surface area contributed by atoms with Crippen LogP contribution in [0, 0.1) is 0 Å². The molecule has 0 radical (unpaired) electrons. The molecule has 1 aliphatic carbocycles. The molecule has 0 bridgehead atoms. The number of alkyl halides is 3. The molecule has 1 aliphatic rings. The lowest BCUT2D eigenvalue weighted by atomic mass is 9.86. The Morgan fingerprint density at radius 1 is 1.00 bits per heavy atom. The molecule has 2 aromatic heterocycles. The predicted molar refractivity (Wildman–Crippen MR) is 122 cm³/mol. The molecule has 5 rings (SSSR count). The van der Waals surface area contributed by atoms with Crippen LogP contribution in [0.15, 0.2) is 57.6 Å². The Morgan fingerprint density at radius 2 is 1.72 bits per heavy atom. The van der Waals surface area contributed by atoms with Crippen LogP contribution in [0.4, 0.5) is 13.2 Å². The van der Waals surface area contributed by atoms with Crippen LogP contribution in [0.1, 0.15) is 41.2 Å². The van der Waals surface area contributed by atoms with Crippen molar-refractivity contribution in [3.63, 3.8) is 0 Å². The summed E-state index contributed by atoms with van der Waals surface area (Å²) in [7, 11) is 0. The quantitative estimate of drug-likeness (QED) is 0.362. The summed E-state index contributed by atoms with van der Waals surface area (Å²) in [5.41, 5.74) is 1.46. The lowest BCUT2D eigenvalue weighted by Crippen LogP contribution is -2.13. The molecule has 0 unspecified atom stereocenters. The molecule has 0 aliphatic heterocycles. The summed E-state index contributed by atoms with van der Waals surface area (Å²) in [4.78, 5) is 12.2. The van der Waals surface area contributed by atoms with Gasteiger partial charge in [0.2, 0.25) is 0 Å². The third-order valence-electron chi connectivity index (χ3n) is 6.25. The van der Waals surface area contributed by atoms with Crippen molar-refractivity contribution in [2.75, 3.05) is 6.61 Å². The molecule has 0 saturated heterocycles. The van der Waals surface area contributed by atoms with E-state index in [1.165, 1.54) is 12.1 Å². The highest BCUT2D eigenvalue weighted by molar-refractivity contribution is 5.85. The molecular weight excluding hydrogens is 477 g/mol. The highest BCUT2D eigenvalue weighted by Crippen LogP contribution is 2.46. The van der Waals surface area contributed by atoms with Gasteiger partial charge in [0.25, 0.3) is 0 Å². The van der Waals surface area contributed by atoms with Crippen molar-refractivity contribution < 1.29 is 37.2 Å². The number of benzene rings is 2. The third-order valence-corrected chi connectivity index (χ3v) is 6.25. The van der Waals surface area contributed by atoms with E-state index in [2.05, 4.69) is 10.3 Å². The van der Waals surface area contributed by atoms with Gasteiger partial charge in [-0.2, -0.15) is 13.2 Å². The second-order valence-corrected chi connectivity index (χ2v) is 8.55. The Morgan fingerprint density at radius 3 is 2.44 bits per heavy atom. The van der Waals surface area contributed by atoms with Gasteiger partial charge >= 0.3 is 6.18 Å². The van der Waals surface area contributed by atoms with Gasteiger partial charge in [-0.3, -0.25) is 4.79 Å². The first kappa shape index (κ1) is 24.0. The Hall–Kier alpha value is -3.76. The molecular formula is C26H21F3N2O5. The number of hydrogen-bond donors (Lipinski definition) is 2. The van der Waals surface area contributed by atoms with Crippen LogP contribution in [0.2, 0.25) is 0 Å². The Kier molecular flexibility index (Phi) is 6.23. The SMILES string of the molecule is O=C(CCCO)[C@@H](O)c1ccc2c(c1)CCc1c-2noc1-c1noc(-c2ccccc2)c1C(F)(F)F. The van der Waals surface area contributed by atoms with Crippen LogP contribution < -0.4 is 0 Å². The fraction of sp³-hybridized carbons (Fsp3) is 0.269. The van der Waals surface area contributed by atoms with Crippen molar-refractivity contribution in [3.05, 3.63) is 70.8 Å². The van der Waals surface area contributed by atoms with E-state index in [4.69, 9.17) is 14.2 Å². The molecule has 10 heteroatoms. The number of fused-ring (bicyclic) bond motifs is 3. The fourth-order valence-corrected chi connectivity index (χ4v) is 4.49. The molecule has 186 valence electrons. The van der Waals surface area contributed by atoms with E-state index in [0.29, 0.717) is 35.2 Å². The number of carbonyl (C=O) groups excluding carboxylic acids is 1. The smallest absolute Gasteiger partial charge is 0.396 e. The van der Waals surface area contributed by atoms with Crippen molar-refractivity contribution in [1.29, 1.82) is 0 Å². The topological polar surface area (TPSA) is 110 Å². The number of carbonyl (C=O) groups is 1. The highest BCUT2D eigenvalue weighted by atomic mass is 19.4. The summed E-state index contributed by atoms with van der Waals surface area (Å²) in [6, 6.07) is 12.9. The van der Waals surface area contributed by atoms with Crippen LogP contribution in [0.25, 0.3) is 34.0 Å². The van der Waals surface area contributed by atoms with Gasteiger partial charge in [0.15, 0.2) is 23.0 Å². The van der Waals surface area contributed by atoms with Crippen LogP contribution in [0.3, 0.4) is 0 Å². The van der Waals surface area contributed by atoms with Crippen molar-refractivity contribution in [2.24, 2.45) is 0 Å². The average molecular weight is 498 g/mol. The second-order valence-electron chi connectivity index (χ2n) is 8.55. The zero-order valence-electron chi connectivity index (χ0n) is 18.9. The summed E-state index contributed by atoms with van der Waals surface area (Å²) in [6.45, 7) is -0.145. The summed E-state index contributed by atoms with van der Waals surface area (Å²) >= 11 is 0. The minimum Gasteiger partial charge on any atom is -0.396 e. The van der Waals surface area contributed by atoms with Crippen LogP contribution in [-0.4, -0.2) is 32.9 Å². The van der Waals surface area contributed by atoms with Gasteiger partial charge in [-0.25, -0.2) is 0 Å². The number of ketones is 1. The molecule has 1 atom stereocenters. The average Bonchev–Trinajstić information content (AvgIpc) is 3.51. The molecule has 2 N–H and O–H groups in total. The number of Topliss-reactive ketones (excluding diaryl/α,β-unsaturated/α-hetero) is 1. The predicted octanol–water partition coefficient (Wildman–Crippen LogP) is 5.16. The first-order valence-electron chi connectivity index (χ1n) is 11.4. The van der Waals surface area contributed by atoms with Crippen molar-refractivity contribution in [3.8, 4) is 34.0 Å². The van der Waals surface area contributed by atoms with Crippen LogP contribution in [-0.2, 0) is 23.8 Å². The van der Waals surface area contributed by atoms with E-state index in [-0.39, 0.29) is 30.8 Å². The Labute approximate surface area is 203 Å². The highest BCUT2D eigenvalue weighted by Gasteiger charge is 2.43. The largest absolute Gasteiger partial charge is 0.422 e. The maximum Gasteiger partial charge on any atom is 0.422 e. The van der Waals surface area contributed by atoms with Crippen molar-refractivity contribution >= 4 is 5.78 Å². The van der Waals surface area contributed by atoms with Gasteiger partial charge in [0, 0.05) is 29.7 Å². The fourth-order valence-electron chi connectivity index (χ4n) is 4.49. The number of halogens is 3. The summed E-state index contributed by atoms with van der Waals surface area (Å²) in [6.07, 6.45) is -5.00. The van der Waals surface area contributed by atoms with E-state index in [9.17, 15) is 23.1 Å². The molecule has 2 aromatic carbocycles. The van der Waals surface area contributed by atoms with E-state index in [0.717, 1.165) is 5.56 Å². The molecule has 0 saturated carbocycles. The molecule has 2 heterocycles. The standard InChI is InChI=1S/C26H21F3N2O5/c27-26(28,29)20-22(31-35-24(20)14-5-2-1-3-6-14)25-18-11-8-15-13-16(23(34)19(33)7-4-12-32)9-10-17(15)21(18)30-36-25/h1-3,5-6,9-10,13,23,32,34H,4,7-8,11-12H2/t23-/m0/s1. The zero-order chi connectivity index (χ0) is 25.4. The molecule has 4 aromatic rings. The van der Waals surface area contributed by atoms with Gasteiger partial charge < -0.3 is 19.3 Å². The monoisotopic (exact) mass is 498 g/mol. The minimum atomic E-state index is -4.75. The van der Waals surface area contributed by atoms with E-state index >= 15 is 0 Å². The number of aryl methyl sites for hydroxylation is 1. The van der Waals surface area contributed by atoms with Gasteiger partial charge in [-0.05, 0) is 30.4 Å². The maximum absolute atomic E-state index is 14.1. The second kappa shape index (κ2) is 9.36. The minimum absolute atomic E-state index is 0.0513. The van der Waals surface area contributed by atoms with E-state index in [1.54, 1.807) is 36.4 Å². The summed E-state index contributed by atoms with van der Waals surface area (Å²) < 4.78 is 52.9. The molecule has 0 spiro atoms.